The highest BCUT2D eigenvalue weighted by Gasteiger charge is 2.30. The van der Waals surface area contributed by atoms with Crippen molar-refractivity contribution in [3.8, 4) is 0 Å². The Labute approximate surface area is 102 Å². The van der Waals surface area contributed by atoms with Crippen molar-refractivity contribution in [2.75, 3.05) is 19.6 Å². The second-order valence-electron chi connectivity index (χ2n) is 5.03. The number of hydrogen-bond acceptors (Lipinski definition) is 4. The fourth-order valence-electron chi connectivity index (χ4n) is 2.47. The molecule has 1 N–H and O–H groups in total. The molecule has 0 unspecified atom stereocenters. The lowest BCUT2D eigenvalue weighted by Gasteiger charge is -2.38. The molecule has 5 heteroatoms. The topological polar surface area (TPSA) is 54.2 Å². The van der Waals surface area contributed by atoms with Gasteiger partial charge in [0.25, 0.3) is 0 Å². The number of aliphatic hydroxyl groups is 1. The van der Waals surface area contributed by atoms with Gasteiger partial charge in [0.2, 0.25) is 0 Å². The van der Waals surface area contributed by atoms with Crippen LogP contribution in [0.2, 0.25) is 0 Å². The van der Waals surface area contributed by atoms with Gasteiger partial charge in [-0.3, -0.25) is 4.90 Å². The lowest BCUT2D eigenvalue weighted by atomic mass is 9.90. The average molecular weight is 238 g/mol. The van der Waals surface area contributed by atoms with E-state index in [9.17, 15) is 5.11 Å². The van der Waals surface area contributed by atoms with Crippen LogP contribution >= 0.6 is 0 Å². The molecule has 1 aromatic heterocycles. The first-order chi connectivity index (χ1) is 8.13. The van der Waals surface area contributed by atoms with E-state index in [1.54, 1.807) is 6.33 Å². The third kappa shape index (κ3) is 3.04. The summed E-state index contributed by atoms with van der Waals surface area (Å²) in [6, 6.07) is 0. The second-order valence-corrected chi connectivity index (χ2v) is 5.03. The number of hydrogen-bond donors (Lipinski definition) is 1. The maximum Gasteiger partial charge on any atom is 0.129 e. The molecule has 2 heterocycles. The van der Waals surface area contributed by atoms with E-state index in [2.05, 4.69) is 26.6 Å². The van der Waals surface area contributed by atoms with E-state index in [-0.39, 0.29) is 0 Å². The first-order valence-electron chi connectivity index (χ1n) is 6.42. The Morgan fingerprint density at radius 3 is 2.94 bits per heavy atom. The molecule has 0 amide bonds. The Balaban J connectivity index is 1.85. The van der Waals surface area contributed by atoms with E-state index in [4.69, 9.17) is 0 Å². The third-order valence-electron chi connectivity index (χ3n) is 3.76. The van der Waals surface area contributed by atoms with Crippen LogP contribution in [0.3, 0.4) is 0 Å². The van der Waals surface area contributed by atoms with Crippen LogP contribution in [0.4, 0.5) is 0 Å². The van der Waals surface area contributed by atoms with E-state index in [1.165, 1.54) is 0 Å². The number of piperidine rings is 1. The van der Waals surface area contributed by atoms with Crippen LogP contribution in [0, 0.1) is 6.92 Å². The van der Waals surface area contributed by atoms with Gasteiger partial charge in [0.1, 0.15) is 12.2 Å². The zero-order chi connectivity index (χ0) is 12.3. The molecule has 0 radical (unpaired) electrons. The van der Waals surface area contributed by atoms with Gasteiger partial charge in [-0.25, -0.2) is 0 Å². The minimum absolute atomic E-state index is 0.472. The van der Waals surface area contributed by atoms with Crippen molar-refractivity contribution in [2.24, 2.45) is 0 Å². The molecule has 0 bridgehead atoms. The van der Waals surface area contributed by atoms with Gasteiger partial charge in [-0.2, -0.15) is 0 Å². The molecule has 0 spiro atoms. The lowest BCUT2D eigenvalue weighted by Crippen LogP contribution is -2.48. The molecule has 17 heavy (non-hydrogen) atoms. The van der Waals surface area contributed by atoms with Crippen LogP contribution < -0.4 is 0 Å². The summed E-state index contributed by atoms with van der Waals surface area (Å²) in [5.74, 6) is 0.952. The van der Waals surface area contributed by atoms with Gasteiger partial charge < -0.3 is 9.67 Å². The maximum absolute atomic E-state index is 10.3. The van der Waals surface area contributed by atoms with Gasteiger partial charge in [0.15, 0.2) is 0 Å². The summed E-state index contributed by atoms with van der Waals surface area (Å²) < 4.78 is 2.06. The van der Waals surface area contributed by atoms with Crippen LogP contribution in [-0.4, -0.2) is 50.0 Å². The van der Waals surface area contributed by atoms with Crippen LogP contribution in [0.15, 0.2) is 6.33 Å². The highest BCUT2D eigenvalue weighted by Crippen LogP contribution is 2.23. The van der Waals surface area contributed by atoms with Gasteiger partial charge in [-0.1, -0.05) is 6.92 Å². The molecule has 0 aromatic carbocycles. The molecule has 1 atom stereocenters. The van der Waals surface area contributed by atoms with Crippen molar-refractivity contribution in [3.63, 3.8) is 0 Å². The quantitative estimate of drug-likeness (QED) is 0.844. The summed E-state index contributed by atoms with van der Waals surface area (Å²) in [5.41, 5.74) is -0.472. The molecule has 1 aromatic rings. The molecule has 2 rings (SSSR count). The normalized spacial score (nSPS) is 26.3. The minimum atomic E-state index is -0.472. The first-order valence-corrected chi connectivity index (χ1v) is 6.42. The van der Waals surface area contributed by atoms with Gasteiger partial charge in [0, 0.05) is 19.6 Å². The maximum atomic E-state index is 10.3. The Kier molecular flexibility index (Phi) is 3.79. The Morgan fingerprint density at radius 2 is 2.29 bits per heavy atom. The standard InChI is InChI=1S/C12H22N4O/c1-3-12(17)5-4-6-15(9-12)7-8-16-10-13-14-11(16)2/h10,17H,3-9H2,1-2H3/t12-/m0/s1. The van der Waals surface area contributed by atoms with Crippen LogP contribution in [-0.2, 0) is 6.54 Å². The van der Waals surface area contributed by atoms with Crippen LogP contribution in [0.25, 0.3) is 0 Å². The molecule has 0 aliphatic carbocycles. The molecule has 1 aliphatic rings. The minimum Gasteiger partial charge on any atom is -0.389 e. The summed E-state index contributed by atoms with van der Waals surface area (Å²) in [5, 5.41) is 18.1. The van der Waals surface area contributed by atoms with Crippen molar-refractivity contribution in [1.82, 2.24) is 19.7 Å². The number of rotatable bonds is 4. The molecule has 0 saturated carbocycles. The van der Waals surface area contributed by atoms with Crippen LogP contribution in [0.5, 0.6) is 0 Å². The van der Waals surface area contributed by atoms with E-state index >= 15 is 0 Å². The largest absolute Gasteiger partial charge is 0.389 e. The fourth-order valence-corrected chi connectivity index (χ4v) is 2.47. The Hall–Kier alpha value is -0.940. The third-order valence-corrected chi connectivity index (χ3v) is 3.76. The van der Waals surface area contributed by atoms with Crippen LogP contribution in [0.1, 0.15) is 32.0 Å². The second kappa shape index (κ2) is 5.14. The summed E-state index contributed by atoms with van der Waals surface area (Å²) in [7, 11) is 0. The fraction of sp³-hybridized carbons (Fsp3) is 0.833. The van der Waals surface area contributed by atoms with Crippen molar-refractivity contribution < 1.29 is 5.11 Å². The van der Waals surface area contributed by atoms with E-state index < -0.39 is 5.60 Å². The van der Waals surface area contributed by atoms with Gasteiger partial charge in [-0.05, 0) is 32.7 Å². The summed E-state index contributed by atoms with van der Waals surface area (Å²) in [6.45, 7) is 7.77. The molecular weight excluding hydrogens is 216 g/mol. The molecule has 96 valence electrons. The zero-order valence-corrected chi connectivity index (χ0v) is 10.8. The number of likely N-dealkylation sites (tertiary alicyclic amines) is 1. The molecule has 1 fully saturated rings. The number of aromatic nitrogens is 3. The Bertz CT molecular complexity index is 365. The molecular formula is C12H22N4O. The predicted molar refractivity (Wildman–Crippen MR) is 65.7 cm³/mol. The average Bonchev–Trinajstić information content (AvgIpc) is 2.73. The lowest BCUT2D eigenvalue weighted by molar-refractivity contribution is -0.0340. The summed E-state index contributed by atoms with van der Waals surface area (Å²) >= 11 is 0. The molecule has 1 saturated heterocycles. The first kappa shape index (κ1) is 12.5. The van der Waals surface area contributed by atoms with Gasteiger partial charge >= 0.3 is 0 Å². The Morgan fingerprint density at radius 1 is 1.47 bits per heavy atom. The summed E-state index contributed by atoms with van der Waals surface area (Å²) in [4.78, 5) is 2.34. The molecule has 5 nitrogen and oxygen atoms in total. The smallest absolute Gasteiger partial charge is 0.129 e. The van der Waals surface area contributed by atoms with Gasteiger partial charge in [0.05, 0.1) is 5.60 Å². The van der Waals surface area contributed by atoms with E-state index in [0.29, 0.717) is 0 Å². The van der Waals surface area contributed by atoms with E-state index in [0.717, 1.165) is 51.3 Å². The van der Waals surface area contributed by atoms with Gasteiger partial charge in [-0.15, -0.1) is 10.2 Å². The van der Waals surface area contributed by atoms with E-state index in [1.807, 2.05) is 6.92 Å². The SMILES string of the molecule is CC[C@]1(O)CCCN(CCn2cnnc2C)C1. The number of aryl methyl sites for hydroxylation is 1. The highest BCUT2D eigenvalue weighted by molar-refractivity contribution is 4.86. The van der Waals surface area contributed by atoms with Crippen molar-refractivity contribution >= 4 is 0 Å². The highest BCUT2D eigenvalue weighted by atomic mass is 16.3. The predicted octanol–water partition coefficient (Wildman–Crippen LogP) is 0.823. The zero-order valence-electron chi connectivity index (χ0n) is 10.8. The number of nitrogens with zero attached hydrogens (tertiary/aromatic N) is 4. The number of β-amino-alcohol motifs (C(OH)–C–C–N with tert-alkyl or cyclic N) is 1. The summed E-state index contributed by atoms with van der Waals surface area (Å²) in [6.07, 6.45) is 4.64. The van der Waals surface area contributed by atoms with Crippen molar-refractivity contribution in [3.05, 3.63) is 12.2 Å². The van der Waals surface area contributed by atoms with Crippen molar-refractivity contribution in [1.29, 1.82) is 0 Å². The monoisotopic (exact) mass is 238 g/mol. The molecule has 1 aliphatic heterocycles. The van der Waals surface area contributed by atoms with Crippen molar-refractivity contribution in [2.45, 2.75) is 45.3 Å².